The number of nitrogens with zero attached hydrogens (tertiary/aromatic N) is 3. The third-order valence-corrected chi connectivity index (χ3v) is 3.25. The number of fused-ring (bicyclic) bond motifs is 1. The molecule has 1 saturated heterocycles. The molecule has 0 radical (unpaired) electrons. The molecule has 0 aromatic carbocycles. The number of H-pyrrole nitrogens is 1. The molecule has 1 atom stereocenters. The second-order valence-electron chi connectivity index (χ2n) is 4.19. The summed E-state index contributed by atoms with van der Waals surface area (Å²) in [7, 11) is 2.10. The maximum atomic E-state index is 4.39. The Morgan fingerprint density at radius 2 is 2.38 bits per heavy atom. The highest BCUT2D eigenvalue weighted by Crippen LogP contribution is 2.23. The van der Waals surface area contributed by atoms with E-state index >= 15 is 0 Å². The first-order valence-electron chi connectivity index (χ1n) is 5.58. The Labute approximate surface area is 93.9 Å². The monoisotopic (exact) mass is 217 g/mol. The Bertz CT molecular complexity index is 486. The summed E-state index contributed by atoms with van der Waals surface area (Å²) in [5, 5.41) is 4.47. The van der Waals surface area contributed by atoms with E-state index in [0.717, 1.165) is 29.9 Å². The fourth-order valence-electron chi connectivity index (χ4n) is 2.28. The Morgan fingerprint density at radius 3 is 3.19 bits per heavy atom. The lowest BCUT2D eigenvalue weighted by Gasteiger charge is -2.25. The van der Waals surface area contributed by atoms with E-state index in [0.29, 0.717) is 6.04 Å². The van der Waals surface area contributed by atoms with Gasteiger partial charge in [0.2, 0.25) is 0 Å². The van der Waals surface area contributed by atoms with Crippen LogP contribution in [0.3, 0.4) is 0 Å². The maximum Gasteiger partial charge on any atom is 0.142 e. The SMILES string of the molecule is CN(c1ncnc2[nH]ccc12)[C@@H]1CCNC1. The minimum absolute atomic E-state index is 0.535. The van der Waals surface area contributed by atoms with Crippen LogP contribution in [0, 0.1) is 0 Å². The van der Waals surface area contributed by atoms with Crippen molar-refractivity contribution in [1.29, 1.82) is 0 Å². The van der Waals surface area contributed by atoms with Crippen LogP contribution in [-0.4, -0.2) is 41.1 Å². The molecule has 5 nitrogen and oxygen atoms in total. The van der Waals surface area contributed by atoms with Gasteiger partial charge in [0, 0.05) is 25.8 Å². The van der Waals surface area contributed by atoms with Crippen LogP contribution in [0.4, 0.5) is 5.82 Å². The van der Waals surface area contributed by atoms with Gasteiger partial charge >= 0.3 is 0 Å². The minimum atomic E-state index is 0.535. The van der Waals surface area contributed by atoms with E-state index in [1.165, 1.54) is 6.42 Å². The summed E-state index contributed by atoms with van der Waals surface area (Å²) in [5.74, 6) is 1.01. The van der Waals surface area contributed by atoms with Crippen LogP contribution in [0.1, 0.15) is 6.42 Å². The van der Waals surface area contributed by atoms with Crippen molar-refractivity contribution in [2.24, 2.45) is 0 Å². The number of anilines is 1. The van der Waals surface area contributed by atoms with E-state index < -0.39 is 0 Å². The van der Waals surface area contributed by atoms with Gasteiger partial charge in [-0.1, -0.05) is 0 Å². The third kappa shape index (κ3) is 1.44. The molecule has 1 aliphatic heterocycles. The highest BCUT2D eigenvalue weighted by molar-refractivity contribution is 5.87. The molecule has 0 unspecified atom stereocenters. The van der Waals surface area contributed by atoms with Crippen molar-refractivity contribution in [3.63, 3.8) is 0 Å². The number of aromatic amines is 1. The molecule has 0 spiro atoms. The second kappa shape index (κ2) is 3.75. The van der Waals surface area contributed by atoms with Crippen LogP contribution in [0.15, 0.2) is 18.6 Å². The summed E-state index contributed by atoms with van der Waals surface area (Å²) in [6.07, 6.45) is 4.70. The Hall–Kier alpha value is -1.62. The van der Waals surface area contributed by atoms with E-state index in [4.69, 9.17) is 0 Å². The van der Waals surface area contributed by atoms with Crippen LogP contribution in [-0.2, 0) is 0 Å². The molecule has 1 aliphatic rings. The fourth-order valence-corrected chi connectivity index (χ4v) is 2.28. The molecule has 0 bridgehead atoms. The number of likely N-dealkylation sites (N-methyl/N-ethyl adjacent to an activating group) is 1. The molecule has 2 aromatic heterocycles. The Kier molecular flexibility index (Phi) is 2.25. The van der Waals surface area contributed by atoms with Gasteiger partial charge in [-0.2, -0.15) is 0 Å². The maximum absolute atomic E-state index is 4.39. The first-order valence-corrected chi connectivity index (χ1v) is 5.58. The fraction of sp³-hybridized carbons (Fsp3) is 0.455. The molecule has 2 aromatic rings. The smallest absolute Gasteiger partial charge is 0.142 e. The van der Waals surface area contributed by atoms with Crippen LogP contribution in [0.25, 0.3) is 11.0 Å². The molecule has 0 amide bonds. The van der Waals surface area contributed by atoms with Gasteiger partial charge in [-0.15, -0.1) is 0 Å². The van der Waals surface area contributed by atoms with Crippen molar-refractivity contribution in [2.45, 2.75) is 12.5 Å². The van der Waals surface area contributed by atoms with E-state index in [-0.39, 0.29) is 0 Å². The van der Waals surface area contributed by atoms with Crippen LogP contribution in [0.2, 0.25) is 0 Å². The molecule has 2 N–H and O–H groups in total. The summed E-state index contributed by atoms with van der Waals surface area (Å²) >= 11 is 0. The number of hydrogen-bond donors (Lipinski definition) is 2. The van der Waals surface area contributed by atoms with Gasteiger partial charge < -0.3 is 15.2 Å². The normalized spacial score (nSPS) is 20.4. The van der Waals surface area contributed by atoms with Gasteiger partial charge in [-0.05, 0) is 19.0 Å². The summed E-state index contributed by atoms with van der Waals surface area (Å²) in [6.45, 7) is 2.13. The van der Waals surface area contributed by atoms with E-state index in [2.05, 4.69) is 32.2 Å². The molecule has 1 fully saturated rings. The third-order valence-electron chi connectivity index (χ3n) is 3.25. The number of aromatic nitrogens is 3. The lowest BCUT2D eigenvalue weighted by atomic mass is 10.2. The number of rotatable bonds is 2. The molecular weight excluding hydrogens is 202 g/mol. The standard InChI is InChI=1S/C11H15N5/c1-16(8-2-4-12-6-8)11-9-3-5-13-10(9)14-7-15-11/h3,5,7-8,12H,2,4,6H2,1H3,(H,13,14,15)/t8-/m1/s1. The molecule has 16 heavy (non-hydrogen) atoms. The average Bonchev–Trinajstić information content (AvgIpc) is 2.98. The zero-order chi connectivity index (χ0) is 11.0. The Morgan fingerprint density at radius 1 is 1.44 bits per heavy atom. The molecule has 3 heterocycles. The summed E-state index contributed by atoms with van der Waals surface area (Å²) in [4.78, 5) is 14.0. The number of nitrogens with one attached hydrogen (secondary N) is 2. The van der Waals surface area contributed by atoms with Crippen molar-refractivity contribution in [3.05, 3.63) is 18.6 Å². The molecule has 0 aliphatic carbocycles. The number of hydrogen-bond acceptors (Lipinski definition) is 4. The van der Waals surface area contributed by atoms with Crippen molar-refractivity contribution in [1.82, 2.24) is 20.3 Å². The lowest BCUT2D eigenvalue weighted by molar-refractivity contribution is 0.679. The van der Waals surface area contributed by atoms with Gasteiger partial charge in [-0.25, -0.2) is 9.97 Å². The predicted molar refractivity (Wildman–Crippen MR) is 63.6 cm³/mol. The summed E-state index contributed by atoms with van der Waals surface area (Å²) in [5.41, 5.74) is 0.905. The minimum Gasteiger partial charge on any atom is -0.355 e. The van der Waals surface area contributed by atoms with Crippen LogP contribution >= 0.6 is 0 Å². The first kappa shape index (κ1) is 9.59. The van der Waals surface area contributed by atoms with E-state index in [1.54, 1.807) is 6.33 Å². The van der Waals surface area contributed by atoms with Gasteiger partial charge in [0.25, 0.3) is 0 Å². The van der Waals surface area contributed by atoms with E-state index in [1.807, 2.05) is 12.3 Å². The summed E-state index contributed by atoms with van der Waals surface area (Å²) in [6, 6.07) is 2.57. The predicted octanol–water partition coefficient (Wildman–Crippen LogP) is 0.756. The van der Waals surface area contributed by atoms with Gasteiger partial charge in [0.1, 0.15) is 17.8 Å². The average molecular weight is 217 g/mol. The van der Waals surface area contributed by atoms with Crippen LogP contribution < -0.4 is 10.2 Å². The molecule has 84 valence electrons. The zero-order valence-electron chi connectivity index (χ0n) is 9.27. The van der Waals surface area contributed by atoms with E-state index in [9.17, 15) is 0 Å². The first-order chi connectivity index (χ1) is 7.86. The zero-order valence-corrected chi connectivity index (χ0v) is 9.27. The van der Waals surface area contributed by atoms with Gasteiger partial charge in [-0.3, -0.25) is 0 Å². The van der Waals surface area contributed by atoms with Crippen molar-refractivity contribution in [3.8, 4) is 0 Å². The van der Waals surface area contributed by atoms with Gasteiger partial charge in [0.05, 0.1) is 5.39 Å². The molecule has 5 heteroatoms. The van der Waals surface area contributed by atoms with Crippen molar-refractivity contribution in [2.75, 3.05) is 25.0 Å². The summed E-state index contributed by atoms with van der Waals surface area (Å²) < 4.78 is 0. The highest BCUT2D eigenvalue weighted by Gasteiger charge is 2.21. The molecule has 3 rings (SSSR count). The van der Waals surface area contributed by atoms with Crippen molar-refractivity contribution >= 4 is 16.9 Å². The quantitative estimate of drug-likeness (QED) is 0.779. The van der Waals surface area contributed by atoms with Gasteiger partial charge in [0.15, 0.2) is 0 Å². The largest absolute Gasteiger partial charge is 0.355 e. The highest BCUT2D eigenvalue weighted by atomic mass is 15.2. The molecular formula is C11H15N5. The van der Waals surface area contributed by atoms with Crippen LogP contribution in [0.5, 0.6) is 0 Å². The lowest BCUT2D eigenvalue weighted by Crippen LogP contribution is -2.34. The molecule has 0 saturated carbocycles. The van der Waals surface area contributed by atoms with Crippen molar-refractivity contribution < 1.29 is 0 Å². The Balaban J connectivity index is 2.00. The second-order valence-corrected chi connectivity index (χ2v) is 4.19. The topological polar surface area (TPSA) is 56.8 Å².